The Morgan fingerprint density at radius 3 is 2.30 bits per heavy atom. The van der Waals surface area contributed by atoms with Gasteiger partial charge in [0.1, 0.15) is 6.42 Å². The van der Waals surface area contributed by atoms with Gasteiger partial charge in [0, 0.05) is 0 Å². The maximum Gasteiger partial charge on any atom is 0.337 e. The van der Waals surface area contributed by atoms with Crippen molar-refractivity contribution in [2.45, 2.75) is 31.8 Å². The third-order valence-electron chi connectivity index (χ3n) is 2.91. The van der Waals surface area contributed by atoms with E-state index in [9.17, 15) is 23.5 Å². The first-order chi connectivity index (χ1) is 9.23. The molecule has 1 N–H and O–H groups in total. The zero-order valence-corrected chi connectivity index (χ0v) is 11.2. The summed E-state index contributed by atoms with van der Waals surface area (Å²) in [7, 11) is 0. The van der Waals surface area contributed by atoms with Crippen LogP contribution in [-0.4, -0.2) is 29.4 Å². The van der Waals surface area contributed by atoms with E-state index in [-0.39, 0.29) is 12.2 Å². The van der Waals surface area contributed by atoms with Gasteiger partial charge >= 0.3 is 11.9 Å². The summed E-state index contributed by atoms with van der Waals surface area (Å²) in [4.78, 5) is 22.7. The summed E-state index contributed by atoms with van der Waals surface area (Å²) in [5.74, 6) is -6.81. The van der Waals surface area contributed by atoms with Crippen LogP contribution < -0.4 is 0 Å². The van der Waals surface area contributed by atoms with Gasteiger partial charge in [-0.25, -0.2) is 0 Å². The van der Waals surface area contributed by atoms with E-state index in [1.807, 2.05) is 0 Å². The number of carbonyl (C=O) groups is 2. The lowest BCUT2D eigenvalue weighted by Crippen LogP contribution is -2.49. The van der Waals surface area contributed by atoms with Gasteiger partial charge in [0.15, 0.2) is 5.60 Å². The molecule has 1 aromatic rings. The van der Waals surface area contributed by atoms with Gasteiger partial charge < -0.3 is 9.84 Å². The minimum absolute atomic E-state index is 0.00718. The van der Waals surface area contributed by atoms with Crippen LogP contribution in [0.2, 0.25) is 0 Å². The van der Waals surface area contributed by atoms with E-state index >= 15 is 0 Å². The summed E-state index contributed by atoms with van der Waals surface area (Å²) in [6, 6.07) is 7.10. The number of Topliss-reactive ketones (excluding diaryl/α,β-unsaturated/α-hetero) is 1. The summed E-state index contributed by atoms with van der Waals surface area (Å²) >= 11 is 0. The number of hydrogen-bond donors (Lipinski definition) is 1. The van der Waals surface area contributed by atoms with Crippen molar-refractivity contribution >= 4 is 11.8 Å². The average Bonchev–Trinajstić information content (AvgIpc) is 2.39. The van der Waals surface area contributed by atoms with Crippen LogP contribution in [0.3, 0.4) is 0 Å². The van der Waals surface area contributed by atoms with E-state index in [1.165, 1.54) is 31.2 Å². The number of esters is 1. The summed E-state index contributed by atoms with van der Waals surface area (Å²) in [6.45, 7) is 2.33. The lowest BCUT2D eigenvalue weighted by Gasteiger charge is -2.31. The van der Waals surface area contributed by atoms with Gasteiger partial charge in [0.25, 0.3) is 0 Å². The van der Waals surface area contributed by atoms with E-state index in [0.29, 0.717) is 0 Å². The summed E-state index contributed by atoms with van der Waals surface area (Å²) in [6.07, 6.45) is -1.08. The predicted octanol–water partition coefficient (Wildman–Crippen LogP) is 2.05. The Kier molecular flexibility index (Phi) is 4.94. The van der Waals surface area contributed by atoms with E-state index in [0.717, 1.165) is 6.92 Å². The molecular weight excluding hydrogens is 270 g/mol. The molecule has 0 radical (unpaired) electrons. The van der Waals surface area contributed by atoms with Crippen LogP contribution in [0.5, 0.6) is 0 Å². The van der Waals surface area contributed by atoms with Crippen molar-refractivity contribution in [1.29, 1.82) is 0 Å². The minimum Gasteiger partial charge on any atom is -0.466 e. The Bertz CT molecular complexity index is 483. The van der Waals surface area contributed by atoms with Crippen LogP contribution in [0.4, 0.5) is 8.78 Å². The zero-order valence-electron chi connectivity index (χ0n) is 11.2. The molecule has 0 heterocycles. The third-order valence-corrected chi connectivity index (χ3v) is 2.91. The highest BCUT2D eigenvalue weighted by molar-refractivity contribution is 6.00. The SMILES string of the molecule is CCOC(=O)CC(=O)C(F)(F)C(C)(O)c1ccccc1. The molecule has 1 unspecified atom stereocenters. The minimum atomic E-state index is -4.10. The molecule has 0 aliphatic carbocycles. The normalized spacial score (nSPS) is 14.4. The van der Waals surface area contributed by atoms with Crippen LogP contribution in [0.15, 0.2) is 30.3 Å². The number of halogens is 2. The number of alkyl halides is 2. The molecule has 0 fully saturated rings. The van der Waals surface area contributed by atoms with Crippen molar-refractivity contribution in [2.75, 3.05) is 6.61 Å². The van der Waals surface area contributed by atoms with E-state index in [2.05, 4.69) is 4.74 Å². The molecule has 1 atom stereocenters. The molecule has 0 saturated heterocycles. The highest BCUT2D eigenvalue weighted by Crippen LogP contribution is 2.38. The van der Waals surface area contributed by atoms with E-state index < -0.39 is 29.7 Å². The first kappa shape index (κ1) is 16.2. The Balaban J connectivity index is 2.97. The number of benzene rings is 1. The van der Waals surface area contributed by atoms with E-state index in [1.54, 1.807) is 6.07 Å². The molecule has 1 aromatic carbocycles. The Hall–Kier alpha value is -1.82. The maximum absolute atomic E-state index is 14.1. The summed E-state index contributed by atoms with van der Waals surface area (Å²) in [5.41, 5.74) is -2.81. The number of ether oxygens (including phenoxy) is 1. The molecule has 0 aliphatic heterocycles. The topological polar surface area (TPSA) is 63.6 Å². The number of hydrogen-bond acceptors (Lipinski definition) is 4. The fourth-order valence-corrected chi connectivity index (χ4v) is 1.67. The molecule has 0 saturated carbocycles. The second-order valence-corrected chi connectivity index (χ2v) is 4.42. The highest BCUT2D eigenvalue weighted by Gasteiger charge is 2.56. The van der Waals surface area contributed by atoms with Crippen molar-refractivity contribution in [1.82, 2.24) is 0 Å². The quantitative estimate of drug-likeness (QED) is 0.642. The maximum atomic E-state index is 14.1. The first-order valence-corrected chi connectivity index (χ1v) is 6.08. The molecule has 0 spiro atoms. The molecule has 1 rings (SSSR count). The van der Waals surface area contributed by atoms with Gasteiger partial charge in [-0.05, 0) is 19.4 Å². The molecule has 110 valence electrons. The summed E-state index contributed by atoms with van der Waals surface area (Å²) in [5, 5.41) is 10.0. The molecule has 0 aliphatic rings. The van der Waals surface area contributed by atoms with Crippen molar-refractivity contribution in [2.24, 2.45) is 0 Å². The third kappa shape index (κ3) is 3.19. The second kappa shape index (κ2) is 6.09. The van der Waals surface area contributed by atoms with Crippen LogP contribution in [0.1, 0.15) is 25.8 Å². The lowest BCUT2D eigenvalue weighted by atomic mass is 9.86. The number of aliphatic hydroxyl groups is 1. The highest BCUT2D eigenvalue weighted by atomic mass is 19.3. The molecule has 0 amide bonds. The first-order valence-electron chi connectivity index (χ1n) is 6.08. The Labute approximate surface area is 115 Å². The monoisotopic (exact) mass is 286 g/mol. The van der Waals surface area contributed by atoms with Gasteiger partial charge in [-0.2, -0.15) is 8.78 Å². The predicted molar refractivity (Wildman–Crippen MR) is 67.2 cm³/mol. The van der Waals surface area contributed by atoms with Crippen molar-refractivity contribution in [3.8, 4) is 0 Å². The van der Waals surface area contributed by atoms with Crippen LogP contribution in [0.25, 0.3) is 0 Å². The van der Waals surface area contributed by atoms with E-state index in [4.69, 9.17) is 0 Å². The molecule has 0 aromatic heterocycles. The molecular formula is C14H16F2O4. The number of rotatable bonds is 6. The zero-order chi connectivity index (χ0) is 15.4. The molecule has 6 heteroatoms. The fourth-order valence-electron chi connectivity index (χ4n) is 1.67. The smallest absolute Gasteiger partial charge is 0.337 e. The van der Waals surface area contributed by atoms with Crippen molar-refractivity contribution < 1.29 is 28.2 Å². The van der Waals surface area contributed by atoms with Gasteiger partial charge in [0.05, 0.1) is 6.61 Å². The molecule has 0 bridgehead atoms. The van der Waals surface area contributed by atoms with Crippen molar-refractivity contribution in [3.05, 3.63) is 35.9 Å². The van der Waals surface area contributed by atoms with Crippen LogP contribution in [0, 0.1) is 0 Å². The van der Waals surface area contributed by atoms with Gasteiger partial charge in [-0.1, -0.05) is 30.3 Å². The standard InChI is InChI=1S/C14H16F2O4/c1-3-20-12(18)9-11(17)14(15,16)13(2,19)10-7-5-4-6-8-10/h4-8,19H,3,9H2,1-2H3. The van der Waals surface area contributed by atoms with Crippen molar-refractivity contribution in [3.63, 3.8) is 0 Å². The molecule has 20 heavy (non-hydrogen) atoms. The number of carbonyl (C=O) groups excluding carboxylic acids is 2. The van der Waals surface area contributed by atoms with Gasteiger partial charge in [-0.3, -0.25) is 9.59 Å². The summed E-state index contributed by atoms with van der Waals surface area (Å²) < 4.78 is 32.6. The van der Waals surface area contributed by atoms with Gasteiger partial charge in [0.2, 0.25) is 5.78 Å². The fraction of sp³-hybridized carbons (Fsp3) is 0.429. The Morgan fingerprint density at radius 1 is 1.25 bits per heavy atom. The lowest BCUT2D eigenvalue weighted by molar-refractivity contribution is -0.190. The van der Waals surface area contributed by atoms with Crippen LogP contribution >= 0.6 is 0 Å². The largest absolute Gasteiger partial charge is 0.466 e. The molecule has 4 nitrogen and oxygen atoms in total. The van der Waals surface area contributed by atoms with Crippen LogP contribution in [-0.2, 0) is 19.9 Å². The average molecular weight is 286 g/mol. The van der Waals surface area contributed by atoms with Gasteiger partial charge in [-0.15, -0.1) is 0 Å². The Morgan fingerprint density at radius 2 is 1.80 bits per heavy atom. The second-order valence-electron chi connectivity index (χ2n) is 4.42. The number of ketones is 1.